The van der Waals surface area contributed by atoms with Gasteiger partial charge in [-0.15, -0.1) is 0 Å². The number of hydrogen-bond acceptors (Lipinski definition) is 4. The molecular formula is C17H21NO5. The van der Waals surface area contributed by atoms with Crippen molar-refractivity contribution in [3.8, 4) is 5.75 Å². The van der Waals surface area contributed by atoms with E-state index >= 15 is 0 Å². The van der Waals surface area contributed by atoms with Crippen LogP contribution in [0.25, 0.3) is 0 Å². The lowest BCUT2D eigenvalue weighted by Crippen LogP contribution is -2.40. The third-order valence-electron chi connectivity index (χ3n) is 4.69. The number of carbonyl (C=O) groups excluding carboxylic acids is 1. The number of likely N-dealkylation sites (tertiary alicyclic amines) is 1. The van der Waals surface area contributed by atoms with Crippen LogP contribution in [0.1, 0.15) is 17.5 Å². The van der Waals surface area contributed by atoms with Crippen LogP contribution in [-0.4, -0.2) is 55.3 Å². The van der Waals surface area contributed by atoms with Crippen molar-refractivity contribution >= 4 is 11.9 Å². The molecule has 2 aliphatic heterocycles. The number of ether oxygens (including phenoxy) is 2. The van der Waals surface area contributed by atoms with Crippen LogP contribution in [0, 0.1) is 5.41 Å². The predicted octanol–water partition coefficient (Wildman–Crippen LogP) is 1.11. The number of carbonyl (C=O) groups is 2. The fourth-order valence-corrected chi connectivity index (χ4v) is 3.35. The molecular weight excluding hydrogens is 298 g/mol. The molecule has 0 aromatic heterocycles. The van der Waals surface area contributed by atoms with Crippen molar-refractivity contribution in [1.29, 1.82) is 0 Å². The standard InChI is InChI=1S/C17H21NO5/c1-22-11-17(16(20)21)5-6-18(10-17)15(19)9-12-2-3-14-13(8-12)4-7-23-14/h2-3,8H,4-7,9-11H2,1H3,(H,20,21). The lowest BCUT2D eigenvalue weighted by Gasteiger charge is -2.23. The van der Waals surface area contributed by atoms with Gasteiger partial charge in [0.2, 0.25) is 5.91 Å². The Bertz CT molecular complexity index is 629. The molecule has 1 aromatic carbocycles. The van der Waals surface area contributed by atoms with Gasteiger partial charge in [-0.3, -0.25) is 9.59 Å². The highest BCUT2D eigenvalue weighted by Crippen LogP contribution is 2.32. The van der Waals surface area contributed by atoms with Gasteiger partial charge in [-0.2, -0.15) is 0 Å². The molecule has 1 saturated heterocycles. The van der Waals surface area contributed by atoms with Crippen molar-refractivity contribution in [1.82, 2.24) is 4.90 Å². The molecule has 0 aliphatic carbocycles. The fraction of sp³-hybridized carbons (Fsp3) is 0.529. The van der Waals surface area contributed by atoms with E-state index < -0.39 is 11.4 Å². The molecule has 1 aromatic rings. The second-order valence-electron chi connectivity index (χ2n) is 6.30. The number of fused-ring (bicyclic) bond motifs is 1. The Labute approximate surface area is 135 Å². The van der Waals surface area contributed by atoms with E-state index in [1.165, 1.54) is 7.11 Å². The normalized spacial score (nSPS) is 22.7. The average Bonchev–Trinajstić information content (AvgIpc) is 3.14. The third kappa shape index (κ3) is 3.03. The number of hydrogen-bond donors (Lipinski definition) is 1. The second kappa shape index (κ2) is 6.20. The van der Waals surface area contributed by atoms with Gasteiger partial charge in [-0.1, -0.05) is 12.1 Å². The molecule has 6 heteroatoms. The Morgan fingerprint density at radius 1 is 1.43 bits per heavy atom. The molecule has 2 aliphatic rings. The van der Waals surface area contributed by atoms with Gasteiger partial charge in [-0.25, -0.2) is 0 Å². The van der Waals surface area contributed by atoms with Gasteiger partial charge in [0.25, 0.3) is 0 Å². The summed E-state index contributed by atoms with van der Waals surface area (Å²) in [6.07, 6.45) is 1.59. The molecule has 124 valence electrons. The Hall–Kier alpha value is -2.08. The van der Waals surface area contributed by atoms with Crippen LogP contribution in [0.5, 0.6) is 5.75 Å². The first-order chi connectivity index (χ1) is 11.0. The molecule has 6 nitrogen and oxygen atoms in total. The average molecular weight is 319 g/mol. The number of methoxy groups -OCH3 is 1. The maximum absolute atomic E-state index is 12.5. The minimum absolute atomic E-state index is 0.0388. The number of aliphatic carboxylic acids is 1. The Kier molecular flexibility index (Phi) is 4.26. The summed E-state index contributed by atoms with van der Waals surface area (Å²) in [4.78, 5) is 25.7. The fourth-order valence-electron chi connectivity index (χ4n) is 3.35. The zero-order chi connectivity index (χ0) is 16.4. The predicted molar refractivity (Wildman–Crippen MR) is 82.5 cm³/mol. The van der Waals surface area contributed by atoms with Gasteiger partial charge < -0.3 is 19.5 Å². The van der Waals surface area contributed by atoms with Gasteiger partial charge in [0.05, 0.1) is 19.6 Å². The lowest BCUT2D eigenvalue weighted by atomic mass is 9.88. The first-order valence-corrected chi connectivity index (χ1v) is 7.79. The summed E-state index contributed by atoms with van der Waals surface area (Å²) in [6.45, 7) is 1.49. The number of amides is 1. The quantitative estimate of drug-likeness (QED) is 0.880. The van der Waals surface area contributed by atoms with Gasteiger partial charge in [0.15, 0.2) is 0 Å². The number of benzene rings is 1. The summed E-state index contributed by atoms with van der Waals surface area (Å²) in [5.74, 6) is -0.0419. The molecule has 3 rings (SSSR count). The van der Waals surface area contributed by atoms with Crippen LogP contribution in [0.3, 0.4) is 0 Å². The molecule has 1 atom stereocenters. The first kappa shape index (κ1) is 15.8. The van der Waals surface area contributed by atoms with Crippen molar-refractivity contribution in [2.45, 2.75) is 19.3 Å². The molecule has 0 saturated carbocycles. The Balaban J connectivity index is 1.66. The SMILES string of the molecule is COCC1(C(=O)O)CCN(C(=O)Cc2ccc3c(c2)CCO3)C1. The highest BCUT2D eigenvalue weighted by Gasteiger charge is 2.46. The van der Waals surface area contributed by atoms with Crippen LogP contribution in [0.4, 0.5) is 0 Å². The van der Waals surface area contributed by atoms with E-state index in [-0.39, 0.29) is 25.5 Å². The molecule has 2 heterocycles. The monoisotopic (exact) mass is 319 g/mol. The van der Waals surface area contributed by atoms with Crippen molar-refractivity contribution in [3.05, 3.63) is 29.3 Å². The minimum Gasteiger partial charge on any atom is -0.493 e. The van der Waals surface area contributed by atoms with E-state index in [1.54, 1.807) is 4.90 Å². The zero-order valence-corrected chi connectivity index (χ0v) is 13.2. The molecule has 0 spiro atoms. The lowest BCUT2D eigenvalue weighted by molar-refractivity contribution is -0.151. The van der Waals surface area contributed by atoms with Crippen LogP contribution < -0.4 is 4.74 Å². The maximum Gasteiger partial charge on any atom is 0.313 e. The topological polar surface area (TPSA) is 76.1 Å². The van der Waals surface area contributed by atoms with Crippen molar-refractivity contribution in [2.24, 2.45) is 5.41 Å². The third-order valence-corrected chi connectivity index (χ3v) is 4.69. The van der Waals surface area contributed by atoms with Crippen molar-refractivity contribution in [2.75, 3.05) is 33.4 Å². The van der Waals surface area contributed by atoms with E-state index in [4.69, 9.17) is 9.47 Å². The molecule has 1 fully saturated rings. The molecule has 1 unspecified atom stereocenters. The first-order valence-electron chi connectivity index (χ1n) is 7.79. The highest BCUT2D eigenvalue weighted by atomic mass is 16.5. The molecule has 23 heavy (non-hydrogen) atoms. The summed E-state index contributed by atoms with van der Waals surface area (Å²) in [7, 11) is 1.49. The summed E-state index contributed by atoms with van der Waals surface area (Å²) in [6, 6.07) is 5.81. The zero-order valence-electron chi connectivity index (χ0n) is 13.2. The molecule has 1 amide bonds. The summed E-state index contributed by atoms with van der Waals surface area (Å²) in [5.41, 5.74) is 1.10. The number of nitrogens with zero attached hydrogens (tertiary/aromatic N) is 1. The largest absolute Gasteiger partial charge is 0.493 e. The van der Waals surface area contributed by atoms with Crippen LogP contribution in [0.15, 0.2) is 18.2 Å². The maximum atomic E-state index is 12.5. The van der Waals surface area contributed by atoms with Gasteiger partial charge in [-0.05, 0) is 23.6 Å². The Morgan fingerprint density at radius 2 is 2.26 bits per heavy atom. The summed E-state index contributed by atoms with van der Waals surface area (Å²) >= 11 is 0. The summed E-state index contributed by atoms with van der Waals surface area (Å²) < 4.78 is 10.5. The molecule has 0 bridgehead atoms. The molecule has 0 radical (unpaired) electrons. The smallest absolute Gasteiger partial charge is 0.313 e. The van der Waals surface area contributed by atoms with Crippen molar-refractivity contribution < 1.29 is 24.2 Å². The summed E-state index contributed by atoms with van der Waals surface area (Å²) in [5, 5.41) is 9.46. The van der Waals surface area contributed by atoms with Crippen LogP contribution in [0.2, 0.25) is 0 Å². The van der Waals surface area contributed by atoms with E-state index in [0.29, 0.717) is 19.6 Å². The second-order valence-corrected chi connectivity index (χ2v) is 6.30. The van der Waals surface area contributed by atoms with E-state index in [2.05, 4.69) is 0 Å². The van der Waals surface area contributed by atoms with Gasteiger partial charge in [0.1, 0.15) is 11.2 Å². The minimum atomic E-state index is -0.976. The van der Waals surface area contributed by atoms with Crippen LogP contribution >= 0.6 is 0 Å². The van der Waals surface area contributed by atoms with E-state index in [9.17, 15) is 14.7 Å². The van der Waals surface area contributed by atoms with Gasteiger partial charge in [0, 0.05) is 26.6 Å². The van der Waals surface area contributed by atoms with E-state index in [1.807, 2.05) is 18.2 Å². The molecule has 1 N–H and O–H groups in total. The van der Waals surface area contributed by atoms with Crippen LogP contribution in [-0.2, 0) is 27.2 Å². The van der Waals surface area contributed by atoms with Gasteiger partial charge >= 0.3 is 5.97 Å². The Morgan fingerprint density at radius 3 is 3.00 bits per heavy atom. The highest BCUT2D eigenvalue weighted by molar-refractivity contribution is 5.82. The number of carboxylic acid groups (broad SMARTS) is 1. The van der Waals surface area contributed by atoms with E-state index in [0.717, 1.165) is 23.3 Å². The number of carboxylic acids is 1. The number of rotatable bonds is 5. The van der Waals surface area contributed by atoms with Crippen molar-refractivity contribution in [3.63, 3.8) is 0 Å².